The molecule has 0 aromatic rings. The Morgan fingerprint density at radius 3 is 3.12 bits per heavy atom. The van der Waals surface area contributed by atoms with Crippen LogP contribution in [0.15, 0.2) is 12.2 Å². The van der Waals surface area contributed by atoms with Crippen LogP contribution in [0, 0.1) is 0 Å². The van der Waals surface area contributed by atoms with E-state index in [2.05, 4.69) is 12.2 Å². The summed E-state index contributed by atoms with van der Waals surface area (Å²) < 4.78 is 0. The Morgan fingerprint density at radius 1 is 1.38 bits per heavy atom. The molecule has 0 spiro atoms. The van der Waals surface area contributed by atoms with Crippen LogP contribution in [0.25, 0.3) is 0 Å². The third-order valence-corrected chi connectivity index (χ3v) is 1.55. The maximum absolute atomic E-state index is 5.68. The molecule has 1 aliphatic rings. The molecule has 0 saturated carbocycles. The van der Waals surface area contributed by atoms with E-state index >= 15 is 0 Å². The lowest BCUT2D eigenvalue weighted by Crippen LogP contribution is -2.17. The fourth-order valence-electron chi connectivity index (χ4n) is 1.00. The van der Waals surface area contributed by atoms with E-state index in [1.165, 1.54) is 19.3 Å². The molecule has 0 aromatic carbocycles. The Labute approximate surface area is 50.6 Å². The molecule has 0 fully saturated rings. The van der Waals surface area contributed by atoms with E-state index in [0.717, 1.165) is 6.42 Å². The van der Waals surface area contributed by atoms with Gasteiger partial charge in [0.25, 0.3) is 0 Å². The maximum atomic E-state index is 5.68. The van der Waals surface area contributed by atoms with Crippen LogP contribution in [-0.2, 0) is 0 Å². The third kappa shape index (κ3) is 1.66. The topological polar surface area (TPSA) is 26.0 Å². The highest BCUT2D eigenvalue weighted by atomic mass is 14.6. The number of hydrogen-bond acceptors (Lipinski definition) is 1. The van der Waals surface area contributed by atoms with Crippen molar-refractivity contribution in [3.63, 3.8) is 0 Å². The van der Waals surface area contributed by atoms with E-state index in [4.69, 9.17) is 5.73 Å². The Morgan fingerprint density at radius 2 is 2.25 bits per heavy atom. The minimum atomic E-state index is 0.439. The van der Waals surface area contributed by atoms with Gasteiger partial charge in [0.15, 0.2) is 0 Å². The van der Waals surface area contributed by atoms with Crippen LogP contribution in [0.1, 0.15) is 25.7 Å². The average molecular weight is 111 g/mol. The second-order valence-electron chi connectivity index (χ2n) is 2.40. The lowest BCUT2D eigenvalue weighted by Gasteiger charge is -2.02. The monoisotopic (exact) mass is 111 g/mol. The van der Waals surface area contributed by atoms with Gasteiger partial charge in [-0.15, -0.1) is 0 Å². The number of allylic oxidation sites excluding steroid dienone is 1. The molecule has 0 radical (unpaired) electrons. The minimum Gasteiger partial charge on any atom is -0.327 e. The summed E-state index contributed by atoms with van der Waals surface area (Å²) in [5, 5.41) is 0. The molecular formula is C7H13N. The summed E-state index contributed by atoms with van der Waals surface area (Å²) in [6.07, 6.45) is 9.21. The van der Waals surface area contributed by atoms with Crippen molar-refractivity contribution < 1.29 is 0 Å². The van der Waals surface area contributed by atoms with Gasteiger partial charge in [0.1, 0.15) is 0 Å². The molecular weight excluding hydrogens is 98.1 g/mol. The summed E-state index contributed by atoms with van der Waals surface area (Å²) in [6, 6.07) is 0.439. The number of nitrogens with two attached hydrogens (primary N) is 1. The van der Waals surface area contributed by atoms with Gasteiger partial charge in [-0.3, -0.25) is 0 Å². The zero-order valence-electron chi connectivity index (χ0n) is 5.14. The van der Waals surface area contributed by atoms with E-state index < -0.39 is 0 Å². The molecule has 0 bridgehead atoms. The van der Waals surface area contributed by atoms with Crippen LogP contribution in [0.3, 0.4) is 0 Å². The lowest BCUT2D eigenvalue weighted by atomic mass is 10.1. The molecule has 1 nitrogen and oxygen atoms in total. The molecule has 1 atom stereocenters. The number of hydrogen-bond donors (Lipinski definition) is 1. The van der Waals surface area contributed by atoms with Gasteiger partial charge < -0.3 is 5.73 Å². The van der Waals surface area contributed by atoms with Crippen molar-refractivity contribution in [1.82, 2.24) is 0 Å². The molecule has 0 heterocycles. The largest absolute Gasteiger partial charge is 0.327 e. The highest BCUT2D eigenvalue weighted by Crippen LogP contribution is 2.08. The first-order chi connectivity index (χ1) is 3.89. The standard InChI is InChI=1S/C7H13N/c8-7-5-3-1-2-4-6-7/h1,3,7H,2,4-6,8H2/t7-/m1/s1. The fraction of sp³-hybridized carbons (Fsp3) is 0.714. The first-order valence-electron chi connectivity index (χ1n) is 3.30. The van der Waals surface area contributed by atoms with Crippen LogP contribution >= 0.6 is 0 Å². The third-order valence-electron chi connectivity index (χ3n) is 1.55. The van der Waals surface area contributed by atoms with Crippen LogP contribution in [0.5, 0.6) is 0 Å². The van der Waals surface area contributed by atoms with E-state index in [1.54, 1.807) is 0 Å². The van der Waals surface area contributed by atoms with Gasteiger partial charge in [-0.2, -0.15) is 0 Å². The first-order valence-corrected chi connectivity index (χ1v) is 3.30. The Kier molecular flexibility index (Phi) is 2.10. The van der Waals surface area contributed by atoms with Gasteiger partial charge >= 0.3 is 0 Å². The average Bonchev–Trinajstić information content (AvgIpc) is 1.94. The minimum absolute atomic E-state index is 0.439. The Balaban J connectivity index is 2.30. The molecule has 46 valence electrons. The van der Waals surface area contributed by atoms with Crippen molar-refractivity contribution in [1.29, 1.82) is 0 Å². The highest BCUT2D eigenvalue weighted by molar-refractivity contribution is 4.88. The zero-order valence-corrected chi connectivity index (χ0v) is 5.14. The predicted molar refractivity (Wildman–Crippen MR) is 35.6 cm³/mol. The molecule has 8 heavy (non-hydrogen) atoms. The zero-order chi connectivity index (χ0) is 5.82. The van der Waals surface area contributed by atoms with Crippen LogP contribution in [-0.4, -0.2) is 6.04 Å². The van der Waals surface area contributed by atoms with Gasteiger partial charge in [-0.25, -0.2) is 0 Å². The summed E-state index contributed by atoms with van der Waals surface area (Å²) in [6.45, 7) is 0. The molecule has 2 N–H and O–H groups in total. The Hall–Kier alpha value is -0.300. The molecule has 1 heteroatoms. The van der Waals surface area contributed by atoms with E-state index in [0.29, 0.717) is 6.04 Å². The fourth-order valence-corrected chi connectivity index (χ4v) is 1.00. The smallest absolute Gasteiger partial charge is 0.00735 e. The van der Waals surface area contributed by atoms with Crippen molar-refractivity contribution >= 4 is 0 Å². The van der Waals surface area contributed by atoms with E-state index in [-0.39, 0.29) is 0 Å². The number of rotatable bonds is 0. The quantitative estimate of drug-likeness (QED) is 0.470. The first kappa shape index (κ1) is 5.83. The predicted octanol–water partition coefficient (Wildman–Crippen LogP) is 1.44. The molecule has 0 amide bonds. The van der Waals surface area contributed by atoms with Crippen molar-refractivity contribution in [3.05, 3.63) is 12.2 Å². The lowest BCUT2D eigenvalue weighted by molar-refractivity contribution is 0.608. The van der Waals surface area contributed by atoms with Gasteiger partial charge in [0.2, 0.25) is 0 Å². The second-order valence-corrected chi connectivity index (χ2v) is 2.40. The van der Waals surface area contributed by atoms with Crippen LogP contribution in [0.4, 0.5) is 0 Å². The van der Waals surface area contributed by atoms with E-state index in [1.807, 2.05) is 0 Å². The molecule has 0 aliphatic heterocycles. The molecule has 1 rings (SSSR count). The van der Waals surface area contributed by atoms with Crippen LogP contribution < -0.4 is 5.73 Å². The van der Waals surface area contributed by atoms with Gasteiger partial charge in [0.05, 0.1) is 0 Å². The molecule has 0 unspecified atom stereocenters. The van der Waals surface area contributed by atoms with Crippen LogP contribution in [0.2, 0.25) is 0 Å². The van der Waals surface area contributed by atoms with Gasteiger partial charge in [-0.1, -0.05) is 12.2 Å². The van der Waals surface area contributed by atoms with Gasteiger partial charge in [-0.05, 0) is 25.7 Å². The summed E-state index contributed by atoms with van der Waals surface area (Å²) in [5.74, 6) is 0. The van der Waals surface area contributed by atoms with Gasteiger partial charge in [0, 0.05) is 6.04 Å². The van der Waals surface area contributed by atoms with Crippen molar-refractivity contribution in [3.8, 4) is 0 Å². The highest BCUT2D eigenvalue weighted by Gasteiger charge is 2.00. The molecule has 1 aliphatic carbocycles. The van der Waals surface area contributed by atoms with Crippen molar-refractivity contribution in [2.75, 3.05) is 0 Å². The summed E-state index contributed by atoms with van der Waals surface area (Å²) in [5.41, 5.74) is 5.68. The van der Waals surface area contributed by atoms with E-state index in [9.17, 15) is 0 Å². The second kappa shape index (κ2) is 2.88. The summed E-state index contributed by atoms with van der Waals surface area (Å²) in [7, 11) is 0. The summed E-state index contributed by atoms with van der Waals surface area (Å²) in [4.78, 5) is 0. The SMILES string of the molecule is N[C@@H]1CC=CCCC1. The van der Waals surface area contributed by atoms with Crippen molar-refractivity contribution in [2.24, 2.45) is 5.73 Å². The Bertz CT molecular complexity index is 86.4. The normalized spacial score (nSPS) is 29.9. The maximum Gasteiger partial charge on any atom is 0.00735 e. The molecule has 0 aromatic heterocycles. The summed E-state index contributed by atoms with van der Waals surface area (Å²) >= 11 is 0. The molecule has 0 saturated heterocycles. The van der Waals surface area contributed by atoms with Crippen molar-refractivity contribution in [2.45, 2.75) is 31.7 Å².